The largest absolute Gasteiger partial charge is 3.00 e. The van der Waals surface area contributed by atoms with Gasteiger partial charge in [0, 0.05) is 17.1 Å². The van der Waals surface area contributed by atoms with Gasteiger partial charge in [-0.05, 0) is 18.2 Å². The maximum absolute atomic E-state index is 5.47. The van der Waals surface area contributed by atoms with Gasteiger partial charge in [-0.2, -0.15) is 0 Å². The van der Waals surface area contributed by atoms with E-state index < -0.39 is 0 Å². The standard InChI is InChI=1S/3C6H9N3S.Re/c3*7-3-1-2-4(10)6(9)5(3)8;/h3*1-2,10H,7-9H2;/q;;;+3/p-3. The zero-order valence-corrected chi connectivity index (χ0v) is 21.4. The molecular formula is C18H24N9ReS3. The first-order chi connectivity index (χ1) is 13.9. The Kier molecular flexibility index (Phi) is 11.0. The predicted octanol–water partition coefficient (Wildman–Crippen LogP) is 1.01. The van der Waals surface area contributed by atoms with Crippen LogP contribution in [0.25, 0.3) is 0 Å². The first-order valence-electron chi connectivity index (χ1n) is 8.19. The Balaban J connectivity index is 0.000000429. The van der Waals surface area contributed by atoms with Gasteiger partial charge in [0.25, 0.3) is 0 Å². The maximum Gasteiger partial charge on any atom is 3.00 e. The second-order valence-electron chi connectivity index (χ2n) is 5.94. The molecule has 0 aromatic heterocycles. The molecule has 18 N–H and O–H groups in total. The number of nitrogens with two attached hydrogens (primary N) is 9. The Bertz CT molecular complexity index is 836. The topological polar surface area (TPSA) is 234 Å². The molecule has 0 atom stereocenters. The van der Waals surface area contributed by atoms with E-state index in [9.17, 15) is 0 Å². The van der Waals surface area contributed by atoms with Crippen molar-refractivity contribution in [1.82, 2.24) is 0 Å². The van der Waals surface area contributed by atoms with Crippen LogP contribution in [0.15, 0.2) is 51.1 Å². The molecule has 0 amide bonds. The number of anilines is 9. The van der Waals surface area contributed by atoms with Gasteiger partial charge in [0.05, 0.1) is 34.1 Å². The van der Waals surface area contributed by atoms with E-state index in [1.54, 1.807) is 36.4 Å². The molecule has 0 aliphatic heterocycles. The number of nitrogen functional groups attached to an aromatic ring is 9. The summed E-state index contributed by atoms with van der Waals surface area (Å²) in [5.41, 5.74) is 52.9. The van der Waals surface area contributed by atoms with Crippen LogP contribution in [0.1, 0.15) is 0 Å². The van der Waals surface area contributed by atoms with Gasteiger partial charge >= 0.3 is 20.4 Å². The van der Waals surface area contributed by atoms with Crippen LogP contribution in [-0.2, 0) is 58.3 Å². The molecule has 0 radical (unpaired) electrons. The van der Waals surface area contributed by atoms with Crippen molar-refractivity contribution >= 4 is 89.1 Å². The summed E-state index contributed by atoms with van der Waals surface area (Å²) >= 11 is 14.5. The van der Waals surface area contributed by atoms with Crippen LogP contribution in [0.4, 0.5) is 51.2 Å². The maximum atomic E-state index is 5.47. The Labute approximate surface area is 211 Å². The van der Waals surface area contributed by atoms with E-state index in [1.165, 1.54) is 0 Å². The molecular weight excluding hydrogens is 625 g/mol. The number of hydrogen-bond donors (Lipinski definition) is 9. The molecule has 166 valence electrons. The molecule has 0 aliphatic rings. The fourth-order valence-electron chi connectivity index (χ4n) is 1.90. The number of rotatable bonds is 0. The first kappa shape index (κ1) is 28.2. The van der Waals surface area contributed by atoms with E-state index in [0.29, 0.717) is 65.9 Å². The third-order valence-electron chi connectivity index (χ3n) is 3.84. The van der Waals surface area contributed by atoms with Gasteiger partial charge in [-0.1, -0.05) is 18.2 Å². The SMILES string of the molecule is Nc1ccc([S-])c(N)c1N.Nc1ccc([S-])c(N)c1N.Nc1ccc([S-])c(N)c1N.[Re+3]. The fraction of sp³-hybridized carbons (Fsp3) is 0. The summed E-state index contributed by atoms with van der Waals surface area (Å²) < 4.78 is 0. The molecule has 0 spiro atoms. The smallest absolute Gasteiger partial charge is 0.778 e. The second kappa shape index (κ2) is 12.1. The van der Waals surface area contributed by atoms with Gasteiger partial charge in [0.2, 0.25) is 0 Å². The van der Waals surface area contributed by atoms with E-state index in [4.69, 9.17) is 89.5 Å². The van der Waals surface area contributed by atoms with Crippen LogP contribution >= 0.6 is 0 Å². The van der Waals surface area contributed by atoms with E-state index in [1.807, 2.05) is 0 Å². The average Bonchev–Trinajstić information content (AvgIpc) is 2.73. The molecule has 0 unspecified atom stereocenters. The van der Waals surface area contributed by atoms with Gasteiger partial charge in [-0.15, -0.1) is 14.7 Å². The van der Waals surface area contributed by atoms with E-state index >= 15 is 0 Å². The van der Waals surface area contributed by atoms with Crippen molar-refractivity contribution < 1.29 is 20.4 Å². The van der Waals surface area contributed by atoms with Crippen LogP contribution in [-0.4, -0.2) is 0 Å². The van der Waals surface area contributed by atoms with Crippen LogP contribution in [0.5, 0.6) is 0 Å². The van der Waals surface area contributed by atoms with Crippen LogP contribution < -0.4 is 51.6 Å². The van der Waals surface area contributed by atoms with Crippen molar-refractivity contribution in [3.63, 3.8) is 0 Å². The summed E-state index contributed by atoms with van der Waals surface area (Å²) in [6.07, 6.45) is 0. The second-order valence-corrected chi connectivity index (χ2v) is 7.26. The third-order valence-corrected chi connectivity index (χ3v) is 4.91. The molecule has 31 heavy (non-hydrogen) atoms. The van der Waals surface area contributed by atoms with Gasteiger partial charge in [-0.3, -0.25) is 0 Å². The van der Waals surface area contributed by atoms with E-state index in [0.717, 1.165) is 0 Å². The summed E-state index contributed by atoms with van der Waals surface area (Å²) in [7, 11) is 0. The van der Waals surface area contributed by atoms with E-state index in [-0.39, 0.29) is 20.4 Å². The van der Waals surface area contributed by atoms with Crippen molar-refractivity contribution in [2.75, 3.05) is 51.6 Å². The zero-order chi connectivity index (χ0) is 23.2. The molecule has 0 saturated heterocycles. The van der Waals surface area contributed by atoms with Crippen LogP contribution in [0, 0.1) is 0 Å². The van der Waals surface area contributed by atoms with E-state index in [2.05, 4.69) is 0 Å². The quantitative estimate of drug-likeness (QED) is 0.123. The summed E-state index contributed by atoms with van der Waals surface area (Å²) in [5.74, 6) is 0. The Morgan fingerprint density at radius 3 is 0.710 bits per heavy atom. The minimum absolute atomic E-state index is 0. The Morgan fingerprint density at radius 2 is 0.548 bits per heavy atom. The average molecular weight is 649 g/mol. The molecule has 3 aromatic carbocycles. The predicted molar refractivity (Wildman–Crippen MR) is 136 cm³/mol. The molecule has 0 fully saturated rings. The minimum atomic E-state index is 0. The molecule has 0 saturated carbocycles. The molecule has 13 heteroatoms. The van der Waals surface area contributed by atoms with Crippen molar-refractivity contribution in [3.8, 4) is 0 Å². The third kappa shape index (κ3) is 7.43. The zero-order valence-electron chi connectivity index (χ0n) is 16.3. The van der Waals surface area contributed by atoms with Crippen molar-refractivity contribution in [2.45, 2.75) is 14.7 Å². The molecule has 0 bridgehead atoms. The van der Waals surface area contributed by atoms with Gasteiger partial charge in [0.15, 0.2) is 0 Å². The summed E-state index contributed by atoms with van der Waals surface area (Å²) in [4.78, 5) is 1.64. The van der Waals surface area contributed by atoms with Crippen molar-refractivity contribution in [1.29, 1.82) is 0 Å². The molecule has 0 aliphatic carbocycles. The van der Waals surface area contributed by atoms with Crippen LogP contribution in [0.2, 0.25) is 0 Å². The molecule has 0 heterocycles. The molecule has 9 nitrogen and oxygen atoms in total. The summed E-state index contributed by atoms with van der Waals surface area (Å²) in [6, 6.07) is 9.93. The number of benzene rings is 3. The summed E-state index contributed by atoms with van der Waals surface area (Å²) in [6.45, 7) is 0. The monoisotopic (exact) mass is 649 g/mol. The number of hydrogen-bond acceptors (Lipinski definition) is 12. The van der Waals surface area contributed by atoms with Crippen LogP contribution in [0.3, 0.4) is 0 Å². The Morgan fingerprint density at radius 1 is 0.355 bits per heavy atom. The van der Waals surface area contributed by atoms with Gasteiger partial charge < -0.3 is 89.5 Å². The fourth-order valence-corrected chi connectivity index (χ4v) is 2.43. The van der Waals surface area contributed by atoms with Gasteiger partial charge in [0.1, 0.15) is 0 Å². The first-order valence-corrected chi connectivity index (χ1v) is 9.42. The molecule has 3 aromatic rings. The van der Waals surface area contributed by atoms with Gasteiger partial charge in [-0.25, -0.2) is 0 Å². The Hall–Kier alpha value is -2.82. The van der Waals surface area contributed by atoms with Crippen molar-refractivity contribution in [2.24, 2.45) is 0 Å². The normalized spacial score (nSPS) is 9.29. The minimum Gasteiger partial charge on any atom is -0.778 e. The van der Waals surface area contributed by atoms with Crippen molar-refractivity contribution in [3.05, 3.63) is 36.4 Å². The molecule has 3 rings (SSSR count). The summed E-state index contributed by atoms with van der Waals surface area (Å²) in [5, 5.41) is 0.